The third-order valence-corrected chi connectivity index (χ3v) is 1.62. The fraction of sp³-hybridized carbons (Fsp3) is 0.333. The van der Waals surface area contributed by atoms with Crippen LogP contribution < -0.4 is 0 Å². The van der Waals surface area contributed by atoms with Crippen molar-refractivity contribution in [2.24, 2.45) is 0 Å². The van der Waals surface area contributed by atoms with E-state index in [1.165, 1.54) is 12.3 Å². The van der Waals surface area contributed by atoms with Gasteiger partial charge in [-0.05, 0) is 25.7 Å². The van der Waals surface area contributed by atoms with E-state index in [4.69, 9.17) is 5.11 Å². The number of hydrogen-bond acceptors (Lipinski definition) is 3. The van der Waals surface area contributed by atoms with Crippen LogP contribution in [0, 0.1) is 0 Å². The summed E-state index contributed by atoms with van der Waals surface area (Å²) in [5, 5.41) is 8.83. The van der Waals surface area contributed by atoms with Gasteiger partial charge in [-0.2, -0.15) is 0 Å². The summed E-state index contributed by atoms with van der Waals surface area (Å²) in [5.41, 5.74) is 1.06. The van der Waals surface area contributed by atoms with Crippen LogP contribution in [-0.4, -0.2) is 35.1 Å². The van der Waals surface area contributed by atoms with Crippen molar-refractivity contribution in [3.8, 4) is 0 Å². The van der Waals surface area contributed by atoms with Gasteiger partial charge >= 0.3 is 5.97 Å². The molecule has 0 bridgehead atoms. The number of rotatable bonds is 3. The van der Waals surface area contributed by atoms with Crippen LogP contribution >= 0.6 is 0 Å². The molecule has 4 nitrogen and oxygen atoms in total. The Morgan fingerprint density at radius 3 is 2.85 bits per heavy atom. The lowest BCUT2D eigenvalue weighted by atomic mass is 10.1. The van der Waals surface area contributed by atoms with Gasteiger partial charge in [0, 0.05) is 18.9 Å². The van der Waals surface area contributed by atoms with E-state index in [0.29, 0.717) is 12.1 Å². The monoisotopic (exact) mass is 180 g/mol. The second-order valence-corrected chi connectivity index (χ2v) is 3.08. The van der Waals surface area contributed by atoms with Crippen molar-refractivity contribution >= 4 is 5.97 Å². The molecular formula is C9H12N2O2. The Hall–Kier alpha value is -1.42. The third kappa shape index (κ3) is 2.52. The molecule has 1 aromatic rings. The fourth-order valence-electron chi connectivity index (χ4n) is 1.10. The molecule has 0 amide bonds. The predicted molar refractivity (Wildman–Crippen MR) is 48.6 cm³/mol. The van der Waals surface area contributed by atoms with Gasteiger partial charge in [-0.25, -0.2) is 4.79 Å². The first kappa shape index (κ1) is 9.67. The van der Waals surface area contributed by atoms with Gasteiger partial charge in [0.15, 0.2) is 0 Å². The van der Waals surface area contributed by atoms with Crippen LogP contribution in [0.3, 0.4) is 0 Å². The number of carboxylic acids is 1. The van der Waals surface area contributed by atoms with Crippen molar-refractivity contribution < 1.29 is 9.90 Å². The normalized spacial score (nSPS) is 10.4. The summed E-state index contributed by atoms with van der Waals surface area (Å²) in [5.74, 6) is -0.903. The lowest BCUT2D eigenvalue weighted by molar-refractivity contribution is 0.0695. The van der Waals surface area contributed by atoms with E-state index in [1.807, 2.05) is 19.0 Å². The van der Waals surface area contributed by atoms with Crippen molar-refractivity contribution in [2.45, 2.75) is 6.54 Å². The molecule has 0 spiro atoms. The molecule has 1 N–H and O–H groups in total. The molecule has 0 radical (unpaired) electrons. The summed E-state index contributed by atoms with van der Waals surface area (Å²) < 4.78 is 0. The number of hydrogen-bond donors (Lipinski definition) is 1. The molecule has 0 saturated heterocycles. The van der Waals surface area contributed by atoms with Crippen LogP contribution in [0.25, 0.3) is 0 Å². The lowest BCUT2D eigenvalue weighted by Gasteiger charge is -2.10. The van der Waals surface area contributed by atoms with Crippen LogP contribution in [0.1, 0.15) is 15.9 Å². The molecule has 0 aliphatic carbocycles. The SMILES string of the molecule is CN(C)Cc1cnccc1C(=O)O. The van der Waals surface area contributed by atoms with Crippen molar-refractivity contribution in [1.29, 1.82) is 0 Å². The van der Waals surface area contributed by atoms with Crippen LogP contribution in [0.4, 0.5) is 0 Å². The number of aromatic nitrogens is 1. The zero-order valence-electron chi connectivity index (χ0n) is 7.69. The summed E-state index contributed by atoms with van der Waals surface area (Å²) in [6, 6.07) is 1.52. The van der Waals surface area contributed by atoms with E-state index in [1.54, 1.807) is 6.20 Å². The lowest BCUT2D eigenvalue weighted by Crippen LogP contribution is -2.14. The molecule has 0 aliphatic heterocycles. The summed E-state index contributed by atoms with van der Waals surface area (Å²) in [7, 11) is 3.78. The standard InChI is InChI=1S/C9H12N2O2/c1-11(2)6-7-5-10-4-3-8(7)9(12)13/h3-5H,6H2,1-2H3,(H,12,13). The van der Waals surface area contributed by atoms with Crippen LogP contribution in [-0.2, 0) is 6.54 Å². The van der Waals surface area contributed by atoms with Gasteiger partial charge in [-0.1, -0.05) is 0 Å². The quantitative estimate of drug-likeness (QED) is 0.749. The van der Waals surface area contributed by atoms with Crippen molar-refractivity contribution in [1.82, 2.24) is 9.88 Å². The fourth-order valence-corrected chi connectivity index (χ4v) is 1.10. The average Bonchev–Trinajstić information content (AvgIpc) is 2.03. The van der Waals surface area contributed by atoms with E-state index in [-0.39, 0.29) is 0 Å². The molecule has 13 heavy (non-hydrogen) atoms. The summed E-state index contributed by atoms with van der Waals surface area (Å²) in [6.45, 7) is 0.593. The Bertz CT molecular complexity index is 310. The molecule has 0 aromatic carbocycles. The molecule has 1 heterocycles. The maximum atomic E-state index is 10.8. The first-order chi connectivity index (χ1) is 6.11. The first-order valence-electron chi connectivity index (χ1n) is 3.92. The zero-order chi connectivity index (χ0) is 9.84. The Morgan fingerprint density at radius 2 is 2.31 bits per heavy atom. The Kier molecular flexibility index (Phi) is 2.97. The molecule has 1 aromatic heterocycles. The van der Waals surface area contributed by atoms with Gasteiger partial charge in [-0.15, -0.1) is 0 Å². The molecule has 0 fully saturated rings. The smallest absolute Gasteiger partial charge is 0.336 e. The third-order valence-electron chi connectivity index (χ3n) is 1.62. The molecule has 4 heteroatoms. The highest BCUT2D eigenvalue weighted by molar-refractivity contribution is 5.89. The van der Waals surface area contributed by atoms with Gasteiger partial charge in [0.25, 0.3) is 0 Å². The number of nitrogens with zero attached hydrogens (tertiary/aromatic N) is 2. The number of carboxylic acid groups (broad SMARTS) is 1. The summed E-state index contributed by atoms with van der Waals surface area (Å²) in [4.78, 5) is 16.6. The summed E-state index contributed by atoms with van der Waals surface area (Å²) >= 11 is 0. The molecule has 70 valence electrons. The predicted octanol–water partition coefficient (Wildman–Crippen LogP) is 0.841. The number of carbonyl (C=O) groups is 1. The van der Waals surface area contributed by atoms with E-state index in [9.17, 15) is 4.79 Å². The molecule has 0 unspecified atom stereocenters. The topological polar surface area (TPSA) is 53.4 Å². The maximum Gasteiger partial charge on any atom is 0.336 e. The number of aromatic carboxylic acids is 1. The first-order valence-corrected chi connectivity index (χ1v) is 3.92. The molecule has 0 saturated carbocycles. The second kappa shape index (κ2) is 4.00. The largest absolute Gasteiger partial charge is 0.478 e. The average molecular weight is 180 g/mol. The second-order valence-electron chi connectivity index (χ2n) is 3.08. The van der Waals surface area contributed by atoms with Gasteiger partial charge in [0.2, 0.25) is 0 Å². The minimum Gasteiger partial charge on any atom is -0.478 e. The van der Waals surface area contributed by atoms with Gasteiger partial charge in [0.05, 0.1) is 5.56 Å². The van der Waals surface area contributed by atoms with Crippen molar-refractivity contribution in [3.63, 3.8) is 0 Å². The van der Waals surface area contributed by atoms with Gasteiger partial charge < -0.3 is 10.0 Å². The van der Waals surface area contributed by atoms with Crippen LogP contribution in [0.15, 0.2) is 18.5 Å². The highest BCUT2D eigenvalue weighted by Crippen LogP contribution is 2.08. The minimum atomic E-state index is -0.903. The van der Waals surface area contributed by atoms with Gasteiger partial charge in [0.1, 0.15) is 0 Å². The minimum absolute atomic E-state index is 0.323. The van der Waals surface area contributed by atoms with Crippen LogP contribution in [0.2, 0.25) is 0 Å². The molecular weight excluding hydrogens is 168 g/mol. The Morgan fingerprint density at radius 1 is 1.62 bits per heavy atom. The summed E-state index contributed by atoms with van der Waals surface area (Å²) in [6.07, 6.45) is 3.08. The maximum absolute atomic E-state index is 10.8. The number of pyridine rings is 1. The Labute approximate surface area is 76.8 Å². The van der Waals surface area contributed by atoms with E-state index in [0.717, 1.165) is 5.56 Å². The van der Waals surface area contributed by atoms with E-state index >= 15 is 0 Å². The van der Waals surface area contributed by atoms with Crippen molar-refractivity contribution in [2.75, 3.05) is 14.1 Å². The zero-order valence-corrected chi connectivity index (χ0v) is 7.69. The highest BCUT2D eigenvalue weighted by Gasteiger charge is 2.09. The molecule has 0 atom stereocenters. The van der Waals surface area contributed by atoms with E-state index < -0.39 is 5.97 Å². The highest BCUT2D eigenvalue weighted by atomic mass is 16.4. The van der Waals surface area contributed by atoms with Gasteiger partial charge in [-0.3, -0.25) is 4.98 Å². The van der Waals surface area contributed by atoms with E-state index in [2.05, 4.69) is 4.98 Å². The molecule has 1 rings (SSSR count). The Balaban J connectivity index is 2.98. The molecule has 0 aliphatic rings. The van der Waals surface area contributed by atoms with Crippen LogP contribution in [0.5, 0.6) is 0 Å². The van der Waals surface area contributed by atoms with Crippen molar-refractivity contribution in [3.05, 3.63) is 29.6 Å².